The first-order valence-electron chi connectivity index (χ1n) is 11.5. The Balaban J connectivity index is 1.15. The Morgan fingerprint density at radius 1 is 1.06 bits per heavy atom. The molecule has 2 aromatic rings. The Morgan fingerprint density at radius 3 is 2.53 bits per heavy atom. The Morgan fingerprint density at radius 2 is 1.81 bits per heavy atom. The van der Waals surface area contributed by atoms with Crippen molar-refractivity contribution in [3.8, 4) is 0 Å². The number of amides is 2. The van der Waals surface area contributed by atoms with Gasteiger partial charge in [-0.25, -0.2) is 4.98 Å². The summed E-state index contributed by atoms with van der Waals surface area (Å²) in [6.45, 7) is 3.73. The van der Waals surface area contributed by atoms with Gasteiger partial charge in [0.1, 0.15) is 5.82 Å². The third kappa shape index (κ3) is 5.46. The molecule has 2 aliphatic rings. The van der Waals surface area contributed by atoms with Crippen LogP contribution >= 0.6 is 0 Å². The van der Waals surface area contributed by atoms with Crippen molar-refractivity contribution >= 4 is 17.6 Å². The van der Waals surface area contributed by atoms with Crippen LogP contribution in [0.15, 0.2) is 42.5 Å². The molecule has 1 saturated heterocycles. The average molecular weight is 436 g/mol. The van der Waals surface area contributed by atoms with E-state index in [0.717, 1.165) is 37.3 Å². The van der Waals surface area contributed by atoms with Crippen LogP contribution < -0.4 is 16.0 Å². The van der Waals surface area contributed by atoms with E-state index >= 15 is 0 Å². The first-order valence-corrected chi connectivity index (χ1v) is 11.5. The van der Waals surface area contributed by atoms with Gasteiger partial charge < -0.3 is 16.0 Å². The number of aromatic nitrogens is 1. The number of hydrogen-bond donors (Lipinski definition) is 3. The first-order chi connectivity index (χ1) is 15.5. The van der Waals surface area contributed by atoms with Crippen molar-refractivity contribution in [3.63, 3.8) is 0 Å². The minimum atomic E-state index is -0.217. The monoisotopic (exact) mass is 435 g/mol. The largest absolute Gasteiger partial charge is 0.373 e. The van der Waals surface area contributed by atoms with Crippen LogP contribution in [-0.2, 0) is 4.79 Å². The number of benzene rings is 1. The Kier molecular flexibility index (Phi) is 7.05. The number of hydrogen-bond acceptors (Lipinski definition) is 5. The van der Waals surface area contributed by atoms with E-state index in [1.807, 2.05) is 38.2 Å². The van der Waals surface area contributed by atoms with Gasteiger partial charge >= 0.3 is 0 Å². The van der Waals surface area contributed by atoms with Gasteiger partial charge in [-0.15, -0.1) is 0 Å². The molecule has 0 bridgehead atoms. The number of likely N-dealkylation sites (tertiary alicyclic amines) is 1. The lowest BCUT2D eigenvalue weighted by molar-refractivity contribution is -0.122. The topological polar surface area (TPSA) is 86.4 Å². The second-order valence-corrected chi connectivity index (χ2v) is 8.97. The summed E-state index contributed by atoms with van der Waals surface area (Å²) in [6.07, 6.45) is 4.65. The summed E-state index contributed by atoms with van der Waals surface area (Å²) >= 11 is 0. The fourth-order valence-electron chi connectivity index (χ4n) is 4.78. The third-order valence-electron chi connectivity index (χ3n) is 6.62. The molecule has 2 fully saturated rings. The molecule has 0 spiro atoms. The van der Waals surface area contributed by atoms with Gasteiger partial charge in [-0.1, -0.05) is 23.8 Å². The number of nitrogens with one attached hydrogen (secondary N) is 3. The first kappa shape index (κ1) is 22.3. The van der Waals surface area contributed by atoms with Crippen molar-refractivity contribution < 1.29 is 9.59 Å². The van der Waals surface area contributed by atoms with Gasteiger partial charge in [-0.3, -0.25) is 14.5 Å². The third-order valence-corrected chi connectivity index (χ3v) is 6.62. The average Bonchev–Trinajstić information content (AvgIpc) is 2.79. The molecule has 0 radical (unpaired) electrons. The molecule has 2 amide bonds. The summed E-state index contributed by atoms with van der Waals surface area (Å²) in [5.41, 5.74) is 2.79. The molecule has 0 atom stereocenters. The quantitative estimate of drug-likeness (QED) is 0.623. The van der Waals surface area contributed by atoms with Gasteiger partial charge in [0.25, 0.3) is 5.91 Å². The van der Waals surface area contributed by atoms with Crippen LogP contribution in [0.25, 0.3) is 0 Å². The van der Waals surface area contributed by atoms with Crippen LogP contribution in [0, 0.1) is 6.92 Å². The second-order valence-electron chi connectivity index (χ2n) is 8.97. The normalized spacial score (nSPS) is 21.4. The van der Waals surface area contributed by atoms with E-state index in [2.05, 4.69) is 33.0 Å². The zero-order valence-corrected chi connectivity index (χ0v) is 18.9. The zero-order chi connectivity index (χ0) is 22.5. The van der Waals surface area contributed by atoms with Gasteiger partial charge in [-0.2, -0.15) is 0 Å². The second kappa shape index (κ2) is 10.1. The highest BCUT2D eigenvalue weighted by molar-refractivity contribution is 5.96. The van der Waals surface area contributed by atoms with Crippen molar-refractivity contribution in [2.24, 2.45) is 0 Å². The number of carbonyl (C=O) groups is 2. The highest BCUT2D eigenvalue weighted by Crippen LogP contribution is 2.35. The zero-order valence-electron chi connectivity index (χ0n) is 18.9. The Bertz CT molecular complexity index is 949. The summed E-state index contributed by atoms with van der Waals surface area (Å²) in [6, 6.07) is 14.3. The van der Waals surface area contributed by atoms with Crippen molar-refractivity contribution in [1.29, 1.82) is 0 Å². The van der Waals surface area contributed by atoms with Gasteiger partial charge in [0.2, 0.25) is 5.91 Å². The maximum atomic E-state index is 12.2. The van der Waals surface area contributed by atoms with Gasteiger partial charge in [0.15, 0.2) is 0 Å². The molecule has 7 heteroatoms. The van der Waals surface area contributed by atoms with E-state index in [0.29, 0.717) is 17.5 Å². The Labute approximate surface area is 190 Å². The lowest BCUT2D eigenvalue weighted by Crippen LogP contribution is -2.63. The van der Waals surface area contributed by atoms with Crippen molar-refractivity contribution in [2.45, 2.75) is 50.6 Å². The summed E-state index contributed by atoms with van der Waals surface area (Å²) in [4.78, 5) is 31.6. The molecule has 2 heterocycles. The molecule has 7 nitrogen and oxygen atoms in total. The van der Waals surface area contributed by atoms with Gasteiger partial charge in [0, 0.05) is 43.4 Å². The van der Waals surface area contributed by atoms with Crippen molar-refractivity contribution in [2.75, 3.05) is 32.0 Å². The molecule has 170 valence electrons. The van der Waals surface area contributed by atoms with Crippen LogP contribution in [0.3, 0.4) is 0 Å². The summed E-state index contributed by atoms with van der Waals surface area (Å²) in [7, 11) is 1.90. The number of rotatable bonds is 7. The predicted octanol–water partition coefficient (Wildman–Crippen LogP) is 2.69. The minimum absolute atomic E-state index is 0.00701. The van der Waals surface area contributed by atoms with Crippen LogP contribution in [0.5, 0.6) is 0 Å². The van der Waals surface area contributed by atoms with Crippen LogP contribution in [-0.4, -0.2) is 60.5 Å². The van der Waals surface area contributed by atoms with Crippen molar-refractivity contribution in [1.82, 2.24) is 20.5 Å². The summed E-state index contributed by atoms with van der Waals surface area (Å²) in [5, 5.41) is 8.87. The highest BCUT2D eigenvalue weighted by Gasteiger charge is 2.35. The molecule has 0 unspecified atom stereocenters. The Hall–Kier alpha value is -2.93. The molecular formula is C25H33N5O2. The van der Waals surface area contributed by atoms with E-state index in [1.54, 1.807) is 6.07 Å². The fraction of sp³-hybridized carbons (Fsp3) is 0.480. The lowest BCUT2D eigenvalue weighted by Gasteiger charge is -2.46. The van der Waals surface area contributed by atoms with E-state index in [4.69, 9.17) is 4.98 Å². The molecular weight excluding hydrogens is 402 g/mol. The summed E-state index contributed by atoms with van der Waals surface area (Å²) < 4.78 is 0. The SMILES string of the molecule is CNc1cccc([C@H]2CC[C@@H](N3CC(NC(=O)CNC(=O)c4cccc(C)c4)C3)CC2)n1. The number of anilines is 1. The molecule has 1 saturated carbocycles. The number of pyridine rings is 1. The standard InChI is InChI=1S/C25H33N5O2/c1-17-5-3-6-19(13-17)25(32)27-14-24(31)28-20-15-30(16-20)21-11-9-18(10-12-21)22-7-4-8-23(26-2)29-22/h3-8,13,18,20-21H,9-12,14-16H2,1-2H3,(H,26,29)(H,27,32)(H,28,31)/t18-,21+. The van der Waals surface area contributed by atoms with E-state index in [1.165, 1.54) is 18.5 Å². The van der Waals surface area contributed by atoms with Crippen molar-refractivity contribution in [3.05, 3.63) is 59.3 Å². The molecule has 1 aliphatic heterocycles. The molecule has 1 aliphatic carbocycles. The number of carbonyl (C=O) groups excluding carboxylic acids is 2. The molecule has 1 aromatic carbocycles. The maximum Gasteiger partial charge on any atom is 0.251 e. The smallest absolute Gasteiger partial charge is 0.251 e. The highest BCUT2D eigenvalue weighted by atomic mass is 16.2. The van der Waals surface area contributed by atoms with Crippen LogP contribution in [0.4, 0.5) is 5.82 Å². The predicted molar refractivity (Wildman–Crippen MR) is 126 cm³/mol. The number of nitrogens with zero attached hydrogens (tertiary/aromatic N) is 2. The number of aryl methyl sites for hydroxylation is 1. The maximum absolute atomic E-state index is 12.2. The minimum Gasteiger partial charge on any atom is -0.373 e. The molecule has 4 rings (SSSR count). The lowest BCUT2D eigenvalue weighted by atomic mass is 9.82. The molecule has 32 heavy (non-hydrogen) atoms. The molecule has 3 N–H and O–H groups in total. The van der Waals surface area contributed by atoms with E-state index in [9.17, 15) is 9.59 Å². The van der Waals surface area contributed by atoms with Gasteiger partial charge in [0.05, 0.1) is 12.6 Å². The fourth-order valence-corrected chi connectivity index (χ4v) is 4.78. The molecule has 1 aromatic heterocycles. The van der Waals surface area contributed by atoms with E-state index < -0.39 is 0 Å². The summed E-state index contributed by atoms with van der Waals surface area (Å²) in [5.74, 6) is 1.12. The van der Waals surface area contributed by atoms with Crippen LogP contribution in [0.2, 0.25) is 0 Å². The van der Waals surface area contributed by atoms with E-state index in [-0.39, 0.29) is 24.4 Å². The van der Waals surface area contributed by atoms with Gasteiger partial charge in [-0.05, 0) is 56.9 Å². The van der Waals surface area contributed by atoms with Crippen LogP contribution in [0.1, 0.15) is 53.2 Å².